The van der Waals surface area contributed by atoms with Crippen LogP contribution in [0.25, 0.3) is 16.9 Å². The largest absolute Gasteiger partial charge is 0.465 e. The lowest BCUT2D eigenvalue weighted by molar-refractivity contribution is -0.132. The topological polar surface area (TPSA) is 87.5 Å². The highest BCUT2D eigenvalue weighted by Crippen LogP contribution is 2.47. The number of nitrogens with zero attached hydrogens (tertiary/aromatic N) is 3. The number of para-hydroxylation sites is 1. The summed E-state index contributed by atoms with van der Waals surface area (Å²) in [4.78, 5) is 32.2. The Morgan fingerprint density at radius 2 is 1.67 bits per heavy atom. The zero-order valence-electron chi connectivity index (χ0n) is 19.4. The summed E-state index contributed by atoms with van der Waals surface area (Å²) in [6, 6.07) is 19.1. The minimum atomic E-state index is -1.21. The Morgan fingerprint density at radius 1 is 1.06 bits per heavy atom. The molecule has 4 rings (SSSR count). The zero-order valence-corrected chi connectivity index (χ0v) is 19.4. The Labute approximate surface area is 194 Å². The third-order valence-corrected chi connectivity index (χ3v) is 6.63. The minimum Gasteiger partial charge on any atom is -0.465 e. The number of carboxylic acid groups (broad SMARTS) is 1. The quantitative estimate of drug-likeness (QED) is 0.560. The first-order valence-electron chi connectivity index (χ1n) is 11.2. The average Bonchev–Trinajstić information content (AvgIpc) is 3.36. The van der Waals surface area contributed by atoms with E-state index in [0.717, 1.165) is 16.9 Å². The SMILES string of the molecule is CC1CCC(C(=O)Nc2nc(-c3ccccc3)cn2-c2ccccc2)(C(C)(C)C)N1C(=O)O. The van der Waals surface area contributed by atoms with Crippen molar-refractivity contribution in [3.8, 4) is 16.9 Å². The molecule has 0 spiro atoms. The summed E-state index contributed by atoms with van der Waals surface area (Å²) < 4.78 is 1.83. The first-order chi connectivity index (χ1) is 15.6. The second kappa shape index (κ2) is 8.39. The van der Waals surface area contributed by atoms with E-state index < -0.39 is 17.0 Å². The second-order valence-corrected chi connectivity index (χ2v) is 9.63. The van der Waals surface area contributed by atoms with Crippen molar-refractivity contribution in [2.75, 3.05) is 5.32 Å². The van der Waals surface area contributed by atoms with Crippen LogP contribution in [0.3, 0.4) is 0 Å². The molecule has 172 valence electrons. The fraction of sp³-hybridized carbons (Fsp3) is 0.346. The average molecular weight is 447 g/mol. The predicted octanol–water partition coefficient (Wildman–Crippen LogP) is 5.43. The van der Waals surface area contributed by atoms with Crippen molar-refractivity contribution in [3.05, 3.63) is 66.9 Å². The van der Waals surface area contributed by atoms with Crippen molar-refractivity contribution < 1.29 is 14.7 Å². The summed E-state index contributed by atoms with van der Waals surface area (Å²) >= 11 is 0. The molecule has 33 heavy (non-hydrogen) atoms. The van der Waals surface area contributed by atoms with Crippen LogP contribution < -0.4 is 5.32 Å². The summed E-state index contributed by atoms with van der Waals surface area (Å²) in [6.07, 6.45) is 1.88. The molecule has 2 heterocycles. The number of nitrogens with one attached hydrogen (secondary N) is 1. The monoisotopic (exact) mass is 446 g/mol. The minimum absolute atomic E-state index is 0.249. The van der Waals surface area contributed by atoms with Gasteiger partial charge >= 0.3 is 6.09 Å². The van der Waals surface area contributed by atoms with Crippen LogP contribution in [0.1, 0.15) is 40.5 Å². The molecule has 1 aromatic heterocycles. The summed E-state index contributed by atoms with van der Waals surface area (Å²) in [5.74, 6) is 0.00251. The van der Waals surface area contributed by atoms with Crippen LogP contribution in [-0.4, -0.2) is 43.1 Å². The van der Waals surface area contributed by atoms with Gasteiger partial charge in [0, 0.05) is 23.5 Å². The number of rotatable bonds is 4. The predicted molar refractivity (Wildman–Crippen MR) is 128 cm³/mol. The number of anilines is 1. The first-order valence-corrected chi connectivity index (χ1v) is 11.2. The molecule has 0 radical (unpaired) electrons. The first kappa shape index (κ1) is 22.6. The normalized spacial score (nSPS) is 20.6. The Morgan fingerprint density at radius 3 is 2.24 bits per heavy atom. The number of imidazole rings is 1. The van der Waals surface area contributed by atoms with E-state index in [9.17, 15) is 14.7 Å². The number of aromatic nitrogens is 2. The van der Waals surface area contributed by atoms with Gasteiger partial charge in [0.2, 0.25) is 5.95 Å². The Hall–Kier alpha value is -3.61. The molecular formula is C26H30N4O3. The molecule has 2 amide bonds. The molecule has 7 nitrogen and oxygen atoms in total. The van der Waals surface area contributed by atoms with Gasteiger partial charge in [-0.2, -0.15) is 0 Å². The molecule has 1 saturated heterocycles. The van der Waals surface area contributed by atoms with Gasteiger partial charge in [0.1, 0.15) is 5.54 Å². The van der Waals surface area contributed by atoms with E-state index in [0.29, 0.717) is 18.8 Å². The summed E-state index contributed by atoms with van der Waals surface area (Å²) in [7, 11) is 0. The lowest BCUT2D eigenvalue weighted by atomic mass is 9.71. The Balaban J connectivity index is 1.80. The van der Waals surface area contributed by atoms with Crippen molar-refractivity contribution in [2.24, 2.45) is 5.41 Å². The third-order valence-electron chi connectivity index (χ3n) is 6.63. The van der Waals surface area contributed by atoms with E-state index in [1.54, 1.807) is 0 Å². The van der Waals surface area contributed by atoms with Crippen molar-refractivity contribution in [1.29, 1.82) is 0 Å². The summed E-state index contributed by atoms with van der Waals surface area (Å²) in [6.45, 7) is 7.60. The van der Waals surface area contributed by atoms with E-state index in [1.807, 2.05) is 99.1 Å². The number of amides is 2. The van der Waals surface area contributed by atoms with Crippen LogP contribution in [0.2, 0.25) is 0 Å². The molecule has 0 bridgehead atoms. The Kier molecular flexibility index (Phi) is 5.74. The maximum absolute atomic E-state index is 13.9. The van der Waals surface area contributed by atoms with Crippen LogP contribution in [0.5, 0.6) is 0 Å². The molecule has 2 N–H and O–H groups in total. The summed E-state index contributed by atoms with van der Waals surface area (Å²) in [5.41, 5.74) is 0.664. The molecule has 7 heteroatoms. The number of hydrogen-bond donors (Lipinski definition) is 2. The number of carbonyl (C=O) groups is 2. The molecule has 0 saturated carbocycles. The lowest BCUT2D eigenvalue weighted by Crippen LogP contribution is -2.63. The van der Waals surface area contributed by atoms with E-state index in [4.69, 9.17) is 4.98 Å². The van der Waals surface area contributed by atoms with Gasteiger partial charge in [-0.3, -0.25) is 19.6 Å². The fourth-order valence-corrected chi connectivity index (χ4v) is 4.90. The molecule has 0 aliphatic carbocycles. The third kappa shape index (κ3) is 3.88. The molecule has 2 atom stereocenters. The lowest BCUT2D eigenvalue weighted by Gasteiger charge is -2.46. The maximum Gasteiger partial charge on any atom is 0.408 e. The van der Waals surface area contributed by atoms with Gasteiger partial charge in [-0.05, 0) is 37.3 Å². The van der Waals surface area contributed by atoms with Crippen LogP contribution >= 0.6 is 0 Å². The van der Waals surface area contributed by atoms with Crippen LogP contribution in [-0.2, 0) is 4.79 Å². The second-order valence-electron chi connectivity index (χ2n) is 9.63. The van der Waals surface area contributed by atoms with E-state index in [-0.39, 0.29) is 11.9 Å². The van der Waals surface area contributed by atoms with E-state index in [2.05, 4.69) is 5.32 Å². The molecule has 1 aliphatic rings. The Bertz CT molecular complexity index is 1150. The molecule has 2 unspecified atom stereocenters. The molecule has 2 aromatic carbocycles. The number of benzene rings is 2. The van der Waals surface area contributed by atoms with Gasteiger partial charge in [0.05, 0.1) is 5.69 Å². The van der Waals surface area contributed by atoms with E-state index >= 15 is 0 Å². The van der Waals surface area contributed by atoms with Gasteiger partial charge in [0.15, 0.2) is 0 Å². The highest BCUT2D eigenvalue weighted by Gasteiger charge is 2.59. The van der Waals surface area contributed by atoms with Crippen LogP contribution in [0, 0.1) is 5.41 Å². The summed E-state index contributed by atoms with van der Waals surface area (Å²) in [5, 5.41) is 13.0. The smallest absolute Gasteiger partial charge is 0.408 e. The van der Waals surface area contributed by atoms with Gasteiger partial charge < -0.3 is 5.11 Å². The van der Waals surface area contributed by atoms with E-state index in [1.165, 1.54) is 4.90 Å². The standard InChI is InChI=1S/C26H30N4O3/c1-18-15-16-26(25(2,3)4,30(18)24(32)33)22(31)28-23-27-21(19-11-7-5-8-12-19)17-29(23)20-13-9-6-10-14-20/h5-14,17-18H,15-16H2,1-4H3,(H,32,33)(H,27,28,31). The highest BCUT2D eigenvalue weighted by molar-refractivity contribution is 6.00. The highest BCUT2D eigenvalue weighted by atomic mass is 16.4. The molecular weight excluding hydrogens is 416 g/mol. The van der Waals surface area contributed by atoms with Crippen molar-refractivity contribution in [2.45, 2.75) is 52.1 Å². The number of carbonyl (C=O) groups excluding carboxylic acids is 1. The van der Waals surface area contributed by atoms with Crippen molar-refractivity contribution >= 4 is 17.9 Å². The maximum atomic E-state index is 13.9. The van der Waals surface area contributed by atoms with Crippen molar-refractivity contribution in [3.63, 3.8) is 0 Å². The van der Waals surface area contributed by atoms with Crippen molar-refractivity contribution in [1.82, 2.24) is 14.5 Å². The molecule has 1 aliphatic heterocycles. The number of hydrogen-bond acceptors (Lipinski definition) is 3. The van der Waals surface area contributed by atoms with Gasteiger partial charge in [-0.15, -0.1) is 0 Å². The van der Waals surface area contributed by atoms with Gasteiger partial charge in [0.25, 0.3) is 5.91 Å². The van der Waals surface area contributed by atoms with Gasteiger partial charge in [-0.1, -0.05) is 69.3 Å². The number of likely N-dealkylation sites (tertiary alicyclic amines) is 1. The van der Waals surface area contributed by atoms with Crippen LogP contribution in [0.15, 0.2) is 66.9 Å². The molecule has 3 aromatic rings. The van der Waals surface area contributed by atoms with Crippen LogP contribution in [0.4, 0.5) is 10.7 Å². The fourth-order valence-electron chi connectivity index (χ4n) is 4.90. The van der Waals surface area contributed by atoms with Gasteiger partial charge in [-0.25, -0.2) is 9.78 Å². The molecule has 1 fully saturated rings. The zero-order chi connectivity index (χ0) is 23.8.